The van der Waals surface area contributed by atoms with E-state index in [0.29, 0.717) is 18.8 Å². The van der Waals surface area contributed by atoms with Crippen LogP contribution in [0.2, 0.25) is 0 Å². The van der Waals surface area contributed by atoms with Gasteiger partial charge in [-0.05, 0) is 54.6 Å². The lowest BCUT2D eigenvalue weighted by Crippen LogP contribution is -2.25. The third kappa shape index (κ3) is 7.54. The first-order valence-corrected chi connectivity index (χ1v) is 13.7. The molecule has 1 heterocycles. The van der Waals surface area contributed by atoms with E-state index in [1.165, 1.54) is 22.5 Å². The molecule has 0 saturated carbocycles. The quantitative estimate of drug-likeness (QED) is 0.284. The van der Waals surface area contributed by atoms with E-state index in [9.17, 15) is 4.79 Å². The van der Waals surface area contributed by atoms with E-state index >= 15 is 0 Å². The number of hydrogen-bond acceptors (Lipinski definition) is 5. The number of thiazole rings is 1. The molecule has 190 valence electrons. The number of rotatable bonds is 14. The summed E-state index contributed by atoms with van der Waals surface area (Å²) in [5.41, 5.74) is 9.41. The Labute approximate surface area is 210 Å². The average Bonchev–Trinajstić information content (AvgIpc) is 3.32. The number of nitrogens with two attached hydrogens (primary N) is 1. The van der Waals surface area contributed by atoms with Crippen LogP contribution in [-0.2, 0) is 10.8 Å². The number of benzene rings is 1. The summed E-state index contributed by atoms with van der Waals surface area (Å²) in [5, 5.41) is 5.59. The predicted molar refractivity (Wildman–Crippen MR) is 144 cm³/mol. The summed E-state index contributed by atoms with van der Waals surface area (Å²) in [4.78, 5) is 16.8. The molecule has 34 heavy (non-hydrogen) atoms. The number of amides is 1. The molecule has 0 fully saturated rings. The Kier molecular flexibility index (Phi) is 10.6. The lowest BCUT2D eigenvalue weighted by atomic mass is 9.76. The van der Waals surface area contributed by atoms with Gasteiger partial charge >= 0.3 is 0 Å². The molecule has 0 bridgehead atoms. The van der Waals surface area contributed by atoms with Crippen LogP contribution < -0.4 is 15.8 Å². The van der Waals surface area contributed by atoms with Gasteiger partial charge in [-0.2, -0.15) is 0 Å². The van der Waals surface area contributed by atoms with E-state index in [4.69, 9.17) is 10.5 Å². The van der Waals surface area contributed by atoms with Gasteiger partial charge in [-0.3, -0.25) is 4.79 Å². The average molecular weight is 488 g/mol. The molecule has 0 spiro atoms. The minimum Gasteiger partial charge on any atom is -0.493 e. The second kappa shape index (κ2) is 12.7. The predicted octanol–water partition coefficient (Wildman–Crippen LogP) is 6.91. The number of ether oxygens (including phenoxy) is 1. The van der Waals surface area contributed by atoms with E-state index in [-0.39, 0.29) is 22.8 Å². The summed E-state index contributed by atoms with van der Waals surface area (Å²) in [7, 11) is 0. The van der Waals surface area contributed by atoms with Gasteiger partial charge in [-0.25, -0.2) is 4.98 Å². The minimum absolute atomic E-state index is 0.0508. The number of unbranched alkanes of at least 4 members (excludes halogenated alkanes) is 1. The van der Waals surface area contributed by atoms with Crippen LogP contribution in [0.25, 0.3) is 0 Å². The van der Waals surface area contributed by atoms with Gasteiger partial charge in [0.25, 0.3) is 5.91 Å². The topological polar surface area (TPSA) is 77.2 Å². The number of carbonyl (C=O) groups is 1. The molecule has 0 aliphatic heterocycles. The smallest absolute Gasteiger partial charge is 0.270 e. The molecule has 1 atom stereocenters. The normalized spacial score (nSPS) is 13.1. The van der Waals surface area contributed by atoms with Crippen LogP contribution in [0.5, 0.6) is 5.75 Å². The molecule has 0 aliphatic rings. The maximum absolute atomic E-state index is 12.4. The molecule has 2 rings (SSSR count). The minimum atomic E-state index is -0.131. The van der Waals surface area contributed by atoms with Crippen molar-refractivity contribution < 1.29 is 9.53 Å². The highest BCUT2D eigenvalue weighted by atomic mass is 32.1. The van der Waals surface area contributed by atoms with Crippen LogP contribution in [0.3, 0.4) is 0 Å². The van der Waals surface area contributed by atoms with E-state index in [2.05, 4.69) is 77.0 Å². The maximum Gasteiger partial charge on any atom is 0.270 e. The van der Waals surface area contributed by atoms with Gasteiger partial charge in [-0.1, -0.05) is 67.0 Å². The Balaban J connectivity index is 1.87. The molecule has 3 N–H and O–H groups in total. The Bertz CT molecular complexity index is 920. The van der Waals surface area contributed by atoms with Crippen molar-refractivity contribution in [2.45, 2.75) is 104 Å². The summed E-state index contributed by atoms with van der Waals surface area (Å²) < 4.78 is 6.23. The number of aromatic nitrogens is 1. The lowest BCUT2D eigenvalue weighted by molar-refractivity contribution is 0.0948. The van der Waals surface area contributed by atoms with Crippen LogP contribution >= 0.6 is 11.3 Å². The van der Waals surface area contributed by atoms with Gasteiger partial charge < -0.3 is 15.8 Å². The van der Waals surface area contributed by atoms with E-state index in [0.717, 1.165) is 49.3 Å². The summed E-state index contributed by atoms with van der Waals surface area (Å²) in [6, 6.07) is 6.61. The fourth-order valence-electron chi connectivity index (χ4n) is 3.70. The molecular weight excluding hydrogens is 442 g/mol. The first-order chi connectivity index (χ1) is 16.1. The van der Waals surface area contributed by atoms with Crippen LogP contribution in [0.1, 0.15) is 120 Å². The standard InChI is InChI=1S/C28H45N3O2S/c1-8-13-22(29)26-31-23(19-34-26)25(32)30-16-11-12-17-33-24-15-14-20(27(4,5)9-2)18-21(24)28(6,7)10-3/h14-15,18-19,22H,8-13,16-17,29H2,1-7H3,(H,30,32). The van der Waals surface area contributed by atoms with Gasteiger partial charge in [0.2, 0.25) is 0 Å². The van der Waals surface area contributed by atoms with Crippen LogP contribution in [0, 0.1) is 0 Å². The van der Waals surface area contributed by atoms with Crippen LogP contribution in [0.4, 0.5) is 0 Å². The van der Waals surface area contributed by atoms with Gasteiger partial charge in [0.05, 0.1) is 12.6 Å². The van der Waals surface area contributed by atoms with Crippen molar-refractivity contribution in [2.75, 3.05) is 13.2 Å². The molecule has 2 aromatic rings. The molecule has 1 aromatic carbocycles. The molecule has 5 nitrogen and oxygen atoms in total. The number of nitrogens with one attached hydrogen (secondary N) is 1. The van der Waals surface area contributed by atoms with E-state index in [1.807, 2.05) is 0 Å². The van der Waals surface area contributed by atoms with Gasteiger partial charge in [-0.15, -0.1) is 11.3 Å². The first-order valence-electron chi connectivity index (χ1n) is 12.8. The van der Waals surface area contributed by atoms with E-state index in [1.54, 1.807) is 5.38 Å². The Hall–Kier alpha value is -1.92. The molecule has 1 amide bonds. The largest absolute Gasteiger partial charge is 0.493 e. The fraction of sp³-hybridized carbons (Fsp3) is 0.643. The Morgan fingerprint density at radius 1 is 1.12 bits per heavy atom. The number of carbonyl (C=O) groups excluding carboxylic acids is 1. The van der Waals surface area contributed by atoms with Crippen molar-refractivity contribution in [1.29, 1.82) is 0 Å². The monoisotopic (exact) mass is 487 g/mol. The number of nitrogens with zero attached hydrogens (tertiary/aromatic N) is 1. The highest BCUT2D eigenvalue weighted by Crippen LogP contribution is 2.38. The molecule has 1 unspecified atom stereocenters. The highest BCUT2D eigenvalue weighted by Gasteiger charge is 2.26. The van der Waals surface area contributed by atoms with Crippen molar-refractivity contribution in [3.8, 4) is 5.75 Å². The first kappa shape index (κ1) is 28.3. The third-order valence-corrected chi connectivity index (χ3v) is 8.02. The second-order valence-electron chi connectivity index (χ2n) is 10.5. The highest BCUT2D eigenvalue weighted by molar-refractivity contribution is 7.09. The molecular formula is C28H45N3O2S. The molecule has 6 heteroatoms. The Morgan fingerprint density at radius 3 is 2.47 bits per heavy atom. The zero-order chi connectivity index (χ0) is 25.4. The van der Waals surface area contributed by atoms with Crippen molar-refractivity contribution >= 4 is 17.2 Å². The maximum atomic E-state index is 12.4. The third-order valence-electron chi connectivity index (χ3n) is 7.04. The lowest BCUT2D eigenvalue weighted by Gasteiger charge is -2.30. The van der Waals surface area contributed by atoms with Gasteiger partial charge in [0.1, 0.15) is 16.5 Å². The fourth-order valence-corrected chi connectivity index (χ4v) is 4.53. The zero-order valence-electron chi connectivity index (χ0n) is 22.3. The van der Waals surface area contributed by atoms with Crippen molar-refractivity contribution in [3.05, 3.63) is 45.4 Å². The van der Waals surface area contributed by atoms with Crippen LogP contribution in [-0.4, -0.2) is 24.0 Å². The molecule has 0 radical (unpaired) electrons. The van der Waals surface area contributed by atoms with Gasteiger partial charge in [0, 0.05) is 17.5 Å². The summed E-state index contributed by atoms with van der Waals surface area (Å²) >= 11 is 1.46. The van der Waals surface area contributed by atoms with Crippen molar-refractivity contribution in [2.24, 2.45) is 5.73 Å². The SMILES string of the molecule is CCCC(N)c1nc(C(=O)NCCCCOc2ccc(C(C)(C)CC)cc2C(C)(C)CC)cs1. The van der Waals surface area contributed by atoms with Crippen molar-refractivity contribution in [1.82, 2.24) is 10.3 Å². The summed E-state index contributed by atoms with van der Waals surface area (Å²) in [6.45, 7) is 17.0. The second-order valence-corrected chi connectivity index (χ2v) is 11.4. The van der Waals surface area contributed by atoms with Gasteiger partial charge in [0.15, 0.2) is 0 Å². The van der Waals surface area contributed by atoms with Crippen molar-refractivity contribution in [3.63, 3.8) is 0 Å². The molecule has 0 saturated heterocycles. The zero-order valence-corrected chi connectivity index (χ0v) is 23.1. The Morgan fingerprint density at radius 2 is 1.82 bits per heavy atom. The molecule has 1 aromatic heterocycles. The molecule has 0 aliphatic carbocycles. The summed E-state index contributed by atoms with van der Waals surface area (Å²) in [5.74, 6) is 0.846. The van der Waals surface area contributed by atoms with Crippen LogP contribution in [0.15, 0.2) is 23.6 Å². The van der Waals surface area contributed by atoms with E-state index < -0.39 is 0 Å². The number of hydrogen-bond donors (Lipinski definition) is 2. The summed E-state index contributed by atoms with van der Waals surface area (Å²) in [6.07, 6.45) is 5.75.